The average molecular weight is 242 g/mol. The van der Waals surface area contributed by atoms with Crippen LogP contribution in [0.2, 0.25) is 0 Å². The second-order valence-electron chi connectivity index (χ2n) is 4.88. The van der Waals surface area contributed by atoms with Gasteiger partial charge in [-0.3, -0.25) is 0 Å². The number of hydrogen-bond donors (Lipinski definition) is 0. The summed E-state index contributed by atoms with van der Waals surface area (Å²) in [6, 6.07) is 10.5. The van der Waals surface area contributed by atoms with Gasteiger partial charge in [-0.25, -0.2) is 0 Å². The Labute approximate surface area is 111 Å². The van der Waals surface area contributed by atoms with E-state index in [1.807, 2.05) is 6.07 Å². The van der Waals surface area contributed by atoms with Gasteiger partial charge in [-0.1, -0.05) is 49.6 Å². The molecule has 1 saturated heterocycles. The lowest BCUT2D eigenvalue weighted by Gasteiger charge is -2.27. The van der Waals surface area contributed by atoms with Gasteiger partial charge in [-0.2, -0.15) is 0 Å². The van der Waals surface area contributed by atoms with Crippen molar-refractivity contribution in [3.05, 3.63) is 35.9 Å². The zero-order chi connectivity index (χ0) is 12.6. The Bertz CT molecular complexity index is 399. The number of ether oxygens (including phenoxy) is 1. The van der Waals surface area contributed by atoms with Gasteiger partial charge in [-0.05, 0) is 31.2 Å². The minimum absolute atomic E-state index is 0.140. The van der Waals surface area contributed by atoms with Crippen LogP contribution in [0.3, 0.4) is 0 Å². The highest BCUT2D eigenvalue weighted by Crippen LogP contribution is 2.30. The van der Waals surface area contributed by atoms with E-state index in [0.717, 1.165) is 19.3 Å². The molecule has 1 nitrogen and oxygen atoms in total. The topological polar surface area (TPSA) is 9.23 Å². The first kappa shape index (κ1) is 13.2. The highest BCUT2D eigenvalue weighted by Gasteiger charge is 2.21. The molecule has 0 unspecified atom stereocenters. The predicted molar refractivity (Wildman–Crippen MR) is 75.2 cm³/mol. The monoisotopic (exact) mass is 242 g/mol. The van der Waals surface area contributed by atoms with Crippen molar-refractivity contribution in [1.82, 2.24) is 0 Å². The second kappa shape index (κ2) is 7.24. The average Bonchev–Trinajstić information content (AvgIpc) is 2.45. The van der Waals surface area contributed by atoms with Gasteiger partial charge in [0.25, 0.3) is 0 Å². The summed E-state index contributed by atoms with van der Waals surface area (Å²) >= 11 is 0. The number of unbranched alkanes of at least 4 members (excludes halogenated alkanes) is 2. The molecule has 0 aliphatic carbocycles. The van der Waals surface area contributed by atoms with E-state index in [4.69, 9.17) is 4.74 Å². The molecule has 18 heavy (non-hydrogen) atoms. The molecule has 2 rings (SSSR count). The van der Waals surface area contributed by atoms with Crippen LogP contribution >= 0.6 is 0 Å². The maximum absolute atomic E-state index is 6.08. The Hall–Kier alpha value is -1.26. The van der Waals surface area contributed by atoms with E-state index in [2.05, 4.69) is 43.0 Å². The molecule has 0 bridgehead atoms. The summed E-state index contributed by atoms with van der Waals surface area (Å²) in [6.07, 6.45) is 7.22. The van der Waals surface area contributed by atoms with E-state index >= 15 is 0 Å². The van der Waals surface area contributed by atoms with Gasteiger partial charge in [-0.15, -0.1) is 5.92 Å². The van der Waals surface area contributed by atoms with Crippen LogP contribution in [-0.4, -0.2) is 6.10 Å². The SMILES string of the molecule is CCCCC#C[C@H]1CCC[C@H](c2ccccc2)O1. The smallest absolute Gasteiger partial charge is 0.119 e. The summed E-state index contributed by atoms with van der Waals surface area (Å²) in [4.78, 5) is 0. The fourth-order valence-corrected chi connectivity index (χ4v) is 2.29. The van der Waals surface area contributed by atoms with Crippen molar-refractivity contribution >= 4 is 0 Å². The number of hydrogen-bond acceptors (Lipinski definition) is 1. The van der Waals surface area contributed by atoms with Crippen LogP contribution in [0.15, 0.2) is 30.3 Å². The molecule has 1 fully saturated rings. The highest BCUT2D eigenvalue weighted by molar-refractivity contribution is 5.18. The minimum atomic E-state index is 0.140. The first-order valence-corrected chi connectivity index (χ1v) is 7.09. The lowest BCUT2D eigenvalue weighted by molar-refractivity contribution is -0.0219. The fourth-order valence-electron chi connectivity index (χ4n) is 2.29. The quantitative estimate of drug-likeness (QED) is 0.560. The molecule has 1 aliphatic rings. The zero-order valence-electron chi connectivity index (χ0n) is 11.2. The normalized spacial score (nSPS) is 23.2. The van der Waals surface area contributed by atoms with E-state index < -0.39 is 0 Å². The molecule has 0 spiro atoms. The fraction of sp³-hybridized carbons (Fsp3) is 0.529. The zero-order valence-corrected chi connectivity index (χ0v) is 11.2. The molecular formula is C17H22O. The summed E-state index contributed by atoms with van der Waals surface area (Å²) < 4.78 is 6.08. The summed E-state index contributed by atoms with van der Waals surface area (Å²) in [5.41, 5.74) is 1.29. The van der Waals surface area contributed by atoms with Gasteiger partial charge in [0.15, 0.2) is 0 Å². The molecule has 1 heteroatoms. The van der Waals surface area contributed by atoms with Gasteiger partial charge in [0.2, 0.25) is 0 Å². The van der Waals surface area contributed by atoms with Crippen molar-refractivity contribution in [3.8, 4) is 11.8 Å². The maximum atomic E-state index is 6.08. The van der Waals surface area contributed by atoms with Crippen molar-refractivity contribution in [3.63, 3.8) is 0 Å². The summed E-state index contributed by atoms with van der Waals surface area (Å²) in [6.45, 7) is 2.20. The molecule has 1 heterocycles. The van der Waals surface area contributed by atoms with Crippen LogP contribution < -0.4 is 0 Å². The first-order chi connectivity index (χ1) is 8.90. The van der Waals surface area contributed by atoms with Crippen LogP contribution in [0.4, 0.5) is 0 Å². The van der Waals surface area contributed by atoms with Gasteiger partial charge >= 0.3 is 0 Å². The second-order valence-corrected chi connectivity index (χ2v) is 4.88. The van der Waals surface area contributed by atoms with Gasteiger partial charge in [0.05, 0.1) is 6.10 Å². The summed E-state index contributed by atoms with van der Waals surface area (Å²) in [7, 11) is 0. The Balaban J connectivity index is 1.90. The molecule has 0 aromatic heterocycles. The third kappa shape index (κ3) is 3.89. The molecular weight excluding hydrogens is 220 g/mol. The van der Waals surface area contributed by atoms with E-state index in [1.54, 1.807) is 0 Å². The molecule has 96 valence electrons. The Kier molecular flexibility index (Phi) is 5.30. The number of benzene rings is 1. The Morgan fingerprint density at radius 3 is 2.83 bits per heavy atom. The van der Waals surface area contributed by atoms with Gasteiger partial charge in [0, 0.05) is 6.42 Å². The molecule has 2 atom stereocenters. The molecule has 0 saturated carbocycles. The van der Waals surface area contributed by atoms with E-state index in [0.29, 0.717) is 0 Å². The molecule has 0 radical (unpaired) electrons. The summed E-state index contributed by atoms with van der Waals surface area (Å²) in [5, 5.41) is 0. The first-order valence-electron chi connectivity index (χ1n) is 7.09. The third-order valence-corrected chi connectivity index (χ3v) is 3.35. The minimum Gasteiger partial charge on any atom is -0.358 e. The van der Waals surface area contributed by atoms with Crippen LogP contribution in [0.25, 0.3) is 0 Å². The van der Waals surface area contributed by atoms with E-state index in [1.165, 1.54) is 24.8 Å². The molecule has 0 N–H and O–H groups in total. The van der Waals surface area contributed by atoms with Crippen molar-refractivity contribution in [2.24, 2.45) is 0 Å². The third-order valence-electron chi connectivity index (χ3n) is 3.35. The van der Waals surface area contributed by atoms with E-state index in [9.17, 15) is 0 Å². The summed E-state index contributed by atoms with van der Waals surface area (Å²) in [5.74, 6) is 6.54. The standard InChI is InChI=1S/C17H22O/c1-2-3-4-8-12-16-13-9-14-17(18-16)15-10-6-5-7-11-15/h5-7,10-11,16-17H,2-4,9,13-14H2,1H3/t16-,17+/m0/s1. The van der Waals surface area contributed by atoms with Crippen LogP contribution in [0.1, 0.15) is 57.1 Å². The van der Waals surface area contributed by atoms with E-state index in [-0.39, 0.29) is 12.2 Å². The molecule has 1 aromatic rings. The molecule has 1 aliphatic heterocycles. The van der Waals surface area contributed by atoms with Crippen molar-refractivity contribution in [2.45, 2.75) is 57.7 Å². The van der Waals surface area contributed by atoms with Crippen LogP contribution in [0.5, 0.6) is 0 Å². The lowest BCUT2D eigenvalue weighted by atomic mass is 9.98. The highest BCUT2D eigenvalue weighted by atomic mass is 16.5. The van der Waals surface area contributed by atoms with Crippen molar-refractivity contribution < 1.29 is 4.74 Å². The lowest BCUT2D eigenvalue weighted by Crippen LogP contribution is -2.20. The predicted octanol–water partition coefficient (Wildman–Crippen LogP) is 4.49. The largest absolute Gasteiger partial charge is 0.358 e. The number of rotatable bonds is 3. The Morgan fingerprint density at radius 1 is 1.22 bits per heavy atom. The van der Waals surface area contributed by atoms with Crippen LogP contribution in [-0.2, 0) is 4.74 Å². The van der Waals surface area contributed by atoms with Crippen molar-refractivity contribution in [1.29, 1.82) is 0 Å². The van der Waals surface area contributed by atoms with Crippen molar-refractivity contribution in [2.75, 3.05) is 0 Å². The van der Waals surface area contributed by atoms with Crippen LogP contribution in [0, 0.1) is 11.8 Å². The van der Waals surface area contributed by atoms with Gasteiger partial charge < -0.3 is 4.74 Å². The Morgan fingerprint density at radius 2 is 2.06 bits per heavy atom. The maximum Gasteiger partial charge on any atom is 0.119 e. The molecule has 1 aromatic carbocycles. The van der Waals surface area contributed by atoms with Gasteiger partial charge in [0.1, 0.15) is 6.10 Å². The molecule has 0 amide bonds.